The molecule has 2 N–H and O–H groups in total. The van der Waals surface area contributed by atoms with Crippen LogP contribution in [0, 0.1) is 0 Å². The molecule has 26 heavy (non-hydrogen) atoms. The average Bonchev–Trinajstić information content (AvgIpc) is 3.36. The summed E-state index contributed by atoms with van der Waals surface area (Å²) in [6.45, 7) is 0.815. The topological polar surface area (TPSA) is 89.2 Å². The maximum absolute atomic E-state index is 11.8. The highest BCUT2D eigenvalue weighted by molar-refractivity contribution is 5.91. The number of rotatable bonds is 8. The van der Waals surface area contributed by atoms with Crippen LogP contribution in [0.1, 0.15) is 22.5 Å². The number of hydrogen-bond acceptors (Lipinski definition) is 4. The van der Waals surface area contributed by atoms with Crippen molar-refractivity contribution in [3.63, 3.8) is 0 Å². The monoisotopic (exact) mass is 352 g/mol. The number of carbonyl (C=O) groups excluding carboxylic acids is 2. The van der Waals surface area contributed by atoms with Gasteiger partial charge in [-0.25, -0.2) is 4.68 Å². The van der Waals surface area contributed by atoms with E-state index in [1.807, 2.05) is 36.5 Å². The summed E-state index contributed by atoms with van der Waals surface area (Å²) in [5.41, 5.74) is 2.13. The summed E-state index contributed by atoms with van der Waals surface area (Å²) in [6, 6.07) is 13.1. The molecule has 0 aliphatic carbocycles. The highest BCUT2D eigenvalue weighted by Gasteiger charge is 2.08. The molecule has 1 aromatic carbocycles. The third kappa shape index (κ3) is 4.83. The second-order valence-electron chi connectivity index (χ2n) is 5.70. The Kier molecular flexibility index (Phi) is 5.82. The fourth-order valence-electron chi connectivity index (χ4n) is 2.46. The van der Waals surface area contributed by atoms with E-state index < -0.39 is 0 Å². The van der Waals surface area contributed by atoms with Crippen molar-refractivity contribution in [2.24, 2.45) is 0 Å². The van der Waals surface area contributed by atoms with Gasteiger partial charge >= 0.3 is 0 Å². The minimum Gasteiger partial charge on any atom is -0.459 e. The molecule has 0 spiro atoms. The van der Waals surface area contributed by atoms with E-state index in [2.05, 4.69) is 15.7 Å². The van der Waals surface area contributed by atoms with Crippen molar-refractivity contribution in [2.75, 3.05) is 13.1 Å². The quantitative estimate of drug-likeness (QED) is 0.648. The highest BCUT2D eigenvalue weighted by Crippen LogP contribution is 2.08. The van der Waals surface area contributed by atoms with Gasteiger partial charge in [0.05, 0.1) is 12.0 Å². The fourth-order valence-corrected chi connectivity index (χ4v) is 2.46. The Hall–Kier alpha value is -3.35. The van der Waals surface area contributed by atoms with Gasteiger partial charge in [0, 0.05) is 31.9 Å². The molecule has 0 aliphatic heterocycles. The van der Waals surface area contributed by atoms with Crippen molar-refractivity contribution in [1.82, 2.24) is 20.4 Å². The maximum atomic E-state index is 11.8. The minimum atomic E-state index is -0.319. The zero-order valence-corrected chi connectivity index (χ0v) is 14.2. The molecule has 0 bridgehead atoms. The van der Waals surface area contributed by atoms with Crippen LogP contribution in [-0.2, 0) is 11.2 Å². The number of carbonyl (C=O) groups is 2. The van der Waals surface area contributed by atoms with Crippen molar-refractivity contribution < 1.29 is 14.0 Å². The zero-order chi connectivity index (χ0) is 18.2. The predicted molar refractivity (Wildman–Crippen MR) is 95.9 cm³/mol. The van der Waals surface area contributed by atoms with E-state index in [-0.39, 0.29) is 30.5 Å². The summed E-state index contributed by atoms with van der Waals surface area (Å²) in [5.74, 6) is -0.179. The standard InChI is InChI=1S/C19H20N4O3/c24-18(9-12-21-19(25)17-3-1-14-26-17)20-11-8-15-4-6-16(7-5-15)23-13-2-10-22-23/h1-7,10,13-14H,8-9,11-12H2,(H,20,24)(H,21,25). The average molecular weight is 352 g/mol. The SMILES string of the molecule is O=C(CCNC(=O)c1ccco1)NCCc1ccc(-n2cccn2)cc1. The second kappa shape index (κ2) is 8.66. The molecule has 0 atom stereocenters. The lowest BCUT2D eigenvalue weighted by Crippen LogP contribution is -2.31. The van der Waals surface area contributed by atoms with Gasteiger partial charge in [-0.3, -0.25) is 9.59 Å². The molecule has 2 aromatic heterocycles. The molecule has 0 radical (unpaired) electrons. The lowest BCUT2D eigenvalue weighted by Gasteiger charge is -2.07. The van der Waals surface area contributed by atoms with Gasteiger partial charge in [-0.2, -0.15) is 5.10 Å². The van der Waals surface area contributed by atoms with Gasteiger partial charge < -0.3 is 15.1 Å². The van der Waals surface area contributed by atoms with Crippen LogP contribution in [0.4, 0.5) is 0 Å². The molecule has 0 saturated heterocycles. The Morgan fingerprint density at radius 1 is 1.04 bits per heavy atom. The number of nitrogens with zero attached hydrogens (tertiary/aromatic N) is 2. The van der Waals surface area contributed by atoms with E-state index in [0.717, 1.165) is 17.7 Å². The number of aromatic nitrogens is 2. The largest absolute Gasteiger partial charge is 0.459 e. The molecule has 3 rings (SSSR count). The summed E-state index contributed by atoms with van der Waals surface area (Å²) in [5, 5.41) is 9.67. The first-order valence-electron chi connectivity index (χ1n) is 8.40. The van der Waals surface area contributed by atoms with Crippen LogP contribution in [0.3, 0.4) is 0 Å². The first-order chi connectivity index (χ1) is 12.7. The number of furan rings is 1. The van der Waals surface area contributed by atoms with Crippen molar-refractivity contribution >= 4 is 11.8 Å². The Morgan fingerprint density at radius 2 is 1.88 bits per heavy atom. The van der Waals surface area contributed by atoms with Gasteiger partial charge in [0.25, 0.3) is 5.91 Å². The number of nitrogens with one attached hydrogen (secondary N) is 2. The Bertz CT molecular complexity index is 824. The summed E-state index contributed by atoms with van der Waals surface area (Å²) >= 11 is 0. The van der Waals surface area contributed by atoms with E-state index in [9.17, 15) is 9.59 Å². The van der Waals surface area contributed by atoms with Crippen molar-refractivity contribution in [2.45, 2.75) is 12.8 Å². The Morgan fingerprint density at radius 3 is 2.58 bits per heavy atom. The number of amides is 2. The molecular weight excluding hydrogens is 332 g/mol. The molecule has 2 heterocycles. The Labute approximate surface area is 151 Å². The van der Waals surface area contributed by atoms with Crippen molar-refractivity contribution in [1.29, 1.82) is 0 Å². The molecule has 7 nitrogen and oxygen atoms in total. The Balaban J connectivity index is 1.34. The molecule has 134 valence electrons. The zero-order valence-electron chi connectivity index (χ0n) is 14.2. The molecule has 7 heteroatoms. The molecule has 0 fully saturated rings. The number of hydrogen-bond donors (Lipinski definition) is 2. The lowest BCUT2D eigenvalue weighted by atomic mass is 10.1. The van der Waals surface area contributed by atoms with Crippen LogP contribution in [0.15, 0.2) is 65.5 Å². The highest BCUT2D eigenvalue weighted by atomic mass is 16.3. The van der Waals surface area contributed by atoms with Crippen LogP contribution >= 0.6 is 0 Å². The second-order valence-corrected chi connectivity index (χ2v) is 5.70. The van der Waals surface area contributed by atoms with E-state index in [0.29, 0.717) is 6.54 Å². The van der Waals surface area contributed by atoms with Crippen molar-refractivity contribution in [3.05, 3.63) is 72.4 Å². The van der Waals surface area contributed by atoms with Crippen LogP contribution in [-0.4, -0.2) is 34.7 Å². The van der Waals surface area contributed by atoms with Gasteiger partial charge in [-0.1, -0.05) is 12.1 Å². The van der Waals surface area contributed by atoms with Crippen molar-refractivity contribution in [3.8, 4) is 5.69 Å². The van der Waals surface area contributed by atoms with Gasteiger partial charge in [-0.05, 0) is 42.3 Å². The van der Waals surface area contributed by atoms with Crippen LogP contribution < -0.4 is 10.6 Å². The van der Waals surface area contributed by atoms with Gasteiger partial charge in [0.15, 0.2) is 5.76 Å². The molecular formula is C19H20N4O3. The third-order valence-corrected chi connectivity index (χ3v) is 3.82. The predicted octanol–water partition coefficient (Wildman–Crippen LogP) is 1.94. The fraction of sp³-hybridized carbons (Fsp3) is 0.211. The molecule has 2 amide bonds. The first-order valence-corrected chi connectivity index (χ1v) is 8.40. The first kappa shape index (κ1) is 17.5. The number of benzene rings is 1. The normalized spacial score (nSPS) is 10.5. The summed E-state index contributed by atoms with van der Waals surface area (Å²) in [7, 11) is 0. The van der Waals surface area contributed by atoms with Gasteiger partial charge in [0.1, 0.15) is 0 Å². The van der Waals surface area contributed by atoms with E-state index in [4.69, 9.17) is 4.42 Å². The smallest absolute Gasteiger partial charge is 0.286 e. The van der Waals surface area contributed by atoms with Crippen LogP contribution in [0.5, 0.6) is 0 Å². The van der Waals surface area contributed by atoms with E-state index in [1.54, 1.807) is 23.0 Å². The van der Waals surface area contributed by atoms with E-state index >= 15 is 0 Å². The van der Waals surface area contributed by atoms with E-state index in [1.165, 1.54) is 6.26 Å². The summed E-state index contributed by atoms with van der Waals surface area (Å²) < 4.78 is 6.77. The molecule has 0 saturated carbocycles. The summed E-state index contributed by atoms with van der Waals surface area (Å²) in [4.78, 5) is 23.5. The third-order valence-electron chi connectivity index (χ3n) is 3.82. The minimum absolute atomic E-state index is 0.0992. The molecule has 3 aromatic rings. The van der Waals surface area contributed by atoms with Gasteiger partial charge in [-0.15, -0.1) is 0 Å². The lowest BCUT2D eigenvalue weighted by molar-refractivity contribution is -0.120. The molecule has 0 aliphatic rings. The van der Waals surface area contributed by atoms with Crippen LogP contribution in [0.2, 0.25) is 0 Å². The van der Waals surface area contributed by atoms with Gasteiger partial charge in [0.2, 0.25) is 5.91 Å². The summed E-state index contributed by atoms with van der Waals surface area (Å²) in [6.07, 6.45) is 6.03. The maximum Gasteiger partial charge on any atom is 0.286 e. The van der Waals surface area contributed by atoms with Crippen LogP contribution in [0.25, 0.3) is 5.69 Å². The molecule has 0 unspecified atom stereocenters.